The maximum Gasteiger partial charge on any atom is 0.129 e. The Morgan fingerprint density at radius 2 is 2.12 bits per heavy atom. The molecule has 0 spiro atoms. The first-order valence-corrected chi connectivity index (χ1v) is 5.25. The van der Waals surface area contributed by atoms with Crippen LogP contribution in [-0.4, -0.2) is 17.2 Å². The second-order valence-electron chi connectivity index (χ2n) is 3.66. The molecule has 0 saturated heterocycles. The molecule has 1 heterocycles. The maximum absolute atomic E-state index is 10.2. The van der Waals surface area contributed by atoms with E-state index < -0.39 is 6.10 Å². The molecule has 0 radical (unpaired) electrons. The fraction of sp³-hybridized carbons (Fsp3) is 0.154. The molecule has 1 aromatic heterocycles. The Morgan fingerprint density at radius 1 is 1.29 bits per heavy atom. The number of aliphatic hydroxyl groups excluding tert-OH is 1. The minimum atomic E-state index is -0.793. The Hall–Kier alpha value is -2.07. The first-order chi connectivity index (χ1) is 8.22. The van der Waals surface area contributed by atoms with Gasteiger partial charge in [0.05, 0.1) is 7.11 Å². The largest absolute Gasteiger partial charge is 0.497 e. The predicted molar refractivity (Wildman–Crippen MR) is 65.7 cm³/mol. The molecule has 1 aromatic carbocycles. The van der Waals surface area contributed by atoms with Gasteiger partial charge in [-0.25, -0.2) is 4.98 Å². The number of hydrogen-bond acceptors (Lipinski definition) is 4. The summed E-state index contributed by atoms with van der Waals surface area (Å²) >= 11 is 0. The van der Waals surface area contributed by atoms with Gasteiger partial charge < -0.3 is 15.6 Å². The van der Waals surface area contributed by atoms with Crippen molar-refractivity contribution >= 4 is 5.82 Å². The molecule has 0 aliphatic carbocycles. The van der Waals surface area contributed by atoms with E-state index in [1.54, 1.807) is 31.5 Å². The van der Waals surface area contributed by atoms with Crippen molar-refractivity contribution in [1.29, 1.82) is 0 Å². The van der Waals surface area contributed by atoms with Crippen molar-refractivity contribution in [3.8, 4) is 5.75 Å². The molecule has 4 heteroatoms. The number of nitrogens with zero attached hydrogens (tertiary/aromatic N) is 1. The summed E-state index contributed by atoms with van der Waals surface area (Å²) in [7, 11) is 1.59. The summed E-state index contributed by atoms with van der Waals surface area (Å²) in [5.41, 5.74) is 7.05. The molecule has 2 rings (SSSR count). The normalized spacial score (nSPS) is 12.1. The van der Waals surface area contributed by atoms with E-state index in [2.05, 4.69) is 4.98 Å². The average Bonchev–Trinajstić information content (AvgIpc) is 2.38. The van der Waals surface area contributed by atoms with E-state index in [4.69, 9.17) is 10.5 Å². The molecule has 0 fully saturated rings. The summed E-state index contributed by atoms with van der Waals surface area (Å²) in [6, 6.07) is 10.7. The lowest BCUT2D eigenvalue weighted by Gasteiger charge is -2.13. The van der Waals surface area contributed by atoms with Crippen molar-refractivity contribution in [3.05, 3.63) is 53.7 Å². The number of pyridine rings is 1. The Morgan fingerprint density at radius 3 is 2.82 bits per heavy atom. The van der Waals surface area contributed by atoms with Gasteiger partial charge in [0.1, 0.15) is 17.7 Å². The third-order valence-corrected chi connectivity index (χ3v) is 2.58. The number of hydrogen-bond donors (Lipinski definition) is 2. The number of aliphatic hydroxyl groups is 1. The number of aromatic nitrogens is 1. The lowest BCUT2D eigenvalue weighted by Crippen LogP contribution is -2.05. The van der Waals surface area contributed by atoms with Gasteiger partial charge in [-0.15, -0.1) is 0 Å². The molecule has 3 N–H and O–H groups in total. The van der Waals surface area contributed by atoms with Crippen molar-refractivity contribution in [2.45, 2.75) is 6.10 Å². The number of rotatable bonds is 3. The van der Waals surface area contributed by atoms with Crippen molar-refractivity contribution in [2.24, 2.45) is 0 Å². The molecule has 0 bridgehead atoms. The number of anilines is 1. The van der Waals surface area contributed by atoms with E-state index >= 15 is 0 Å². The molecule has 88 valence electrons. The van der Waals surface area contributed by atoms with E-state index in [1.165, 1.54) is 0 Å². The third kappa shape index (κ3) is 2.37. The molecule has 0 aliphatic rings. The maximum atomic E-state index is 10.2. The summed E-state index contributed by atoms with van der Waals surface area (Å²) in [5.74, 6) is 1.03. The highest BCUT2D eigenvalue weighted by Crippen LogP contribution is 2.27. The molecule has 4 nitrogen and oxygen atoms in total. The Labute approximate surface area is 99.7 Å². The topological polar surface area (TPSA) is 68.4 Å². The summed E-state index contributed by atoms with van der Waals surface area (Å²) in [5, 5.41) is 10.2. The SMILES string of the molecule is COc1cccc(C(O)c2cccnc2N)c1. The fourth-order valence-electron chi connectivity index (χ4n) is 1.65. The molecule has 0 amide bonds. The van der Waals surface area contributed by atoms with Crippen LogP contribution >= 0.6 is 0 Å². The van der Waals surface area contributed by atoms with Crippen LogP contribution in [0.1, 0.15) is 17.2 Å². The highest BCUT2D eigenvalue weighted by atomic mass is 16.5. The van der Waals surface area contributed by atoms with Crippen LogP contribution in [0.15, 0.2) is 42.6 Å². The number of methoxy groups -OCH3 is 1. The van der Waals surface area contributed by atoms with Crippen LogP contribution in [0.25, 0.3) is 0 Å². The van der Waals surface area contributed by atoms with E-state index in [0.717, 1.165) is 5.56 Å². The first-order valence-electron chi connectivity index (χ1n) is 5.25. The van der Waals surface area contributed by atoms with E-state index in [0.29, 0.717) is 17.1 Å². The first kappa shape index (κ1) is 11.4. The van der Waals surface area contributed by atoms with Crippen LogP contribution in [0.4, 0.5) is 5.82 Å². The van der Waals surface area contributed by atoms with Crippen LogP contribution in [0.3, 0.4) is 0 Å². The number of ether oxygens (including phenoxy) is 1. The van der Waals surface area contributed by atoms with Crippen LogP contribution < -0.4 is 10.5 Å². The van der Waals surface area contributed by atoms with Gasteiger partial charge in [-0.05, 0) is 23.8 Å². The summed E-state index contributed by atoms with van der Waals surface area (Å²) in [6.45, 7) is 0. The van der Waals surface area contributed by atoms with Crippen LogP contribution in [-0.2, 0) is 0 Å². The summed E-state index contributed by atoms with van der Waals surface area (Å²) in [6.07, 6.45) is 0.802. The van der Waals surface area contributed by atoms with Gasteiger partial charge in [0.25, 0.3) is 0 Å². The van der Waals surface area contributed by atoms with Gasteiger partial charge in [0.2, 0.25) is 0 Å². The van der Waals surface area contributed by atoms with Gasteiger partial charge in [-0.3, -0.25) is 0 Å². The zero-order chi connectivity index (χ0) is 12.3. The molecule has 1 atom stereocenters. The summed E-state index contributed by atoms with van der Waals surface area (Å²) in [4.78, 5) is 3.95. The zero-order valence-electron chi connectivity index (χ0n) is 9.50. The van der Waals surface area contributed by atoms with Gasteiger partial charge in [-0.2, -0.15) is 0 Å². The number of nitrogen functional groups attached to an aromatic ring is 1. The molecular formula is C13H14N2O2. The Bertz CT molecular complexity index is 514. The van der Waals surface area contributed by atoms with Crippen molar-refractivity contribution in [1.82, 2.24) is 4.98 Å². The summed E-state index contributed by atoms with van der Waals surface area (Å²) < 4.78 is 5.11. The third-order valence-electron chi connectivity index (χ3n) is 2.58. The van der Waals surface area contributed by atoms with Crippen LogP contribution in [0.5, 0.6) is 5.75 Å². The molecular weight excluding hydrogens is 216 g/mol. The van der Waals surface area contributed by atoms with Gasteiger partial charge >= 0.3 is 0 Å². The standard InChI is InChI=1S/C13H14N2O2/c1-17-10-5-2-4-9(8-10)12(16)11-6-3-7-15-13(11)14/h2-8,12,16H,1H3,(H2,14,15). The molecule has 0 aliphatic heterocycles. The lowest BCUT2D eigenvalue weighted by molar-refractivity contribution is 0.220. The van der Waals surface area contributed by atoms with Crippen molar-refractivity contribution in [2.75, 3.05) is 12.8 Å². The number of nitrogens with two attached hydrogens (primary N) is 1. The smallest absolute Gasteiger partial charge is 0.129 e. The number of benzene rings is 1. The molecule has 17 heavy (non-hydrogen) atoms. The van der Waals surface area contributed by atoms with Crippen molar-refractivity contribution in [3.63, 3.8) is 0 Å². The Balaban J connectivity index is 2.37. The second-order valence-corrected chi connectivity index (χ2v) is 3.66. The lowest BCUT2D eigenvalue weighted by atomic mass is 10.0. The fourth-order valence-corrected chi connectivity index (χ4v) is 1.65. The highest BCUT2D eigenvalue weighted by molar-refractivity contribution is 5.45. The van der Waals surface area contributed by atoms with Crippen molar-refractivity contribution < 1.29 is 9.84 Å². The molecule has 2 aromatic rings. The van der Waals surface area contributed by atoms with E-state index in [9.17, 15) is 5.11 Å². The highest BCUT2D eigenvalue weighted by Gasteiger charge is 2.14. The quantitative estimate of drug-likeness (QED) is 0.843. The van der Waals surface area contributed by atoms with Gasteiger partial charge in [-0.1, -0.05) is 18.2 Å². The second kappa shape index (κ2) is 4.84. The minimum absolute atomic E-state index is 0.336. The Kier molecular flexibility index (Phi) is 3.25. The average molecular weight is 230 g/mol. The molecule has 0 saturated carbocycles. The van der Waals surface area contributed by atoms with Gasteiger partial charge in [0.15, 0.2) is 0 Å². The van der Waals surface area contributed by atoms with E-state index in [-0.39, 0.29) is 0 Å². The van der Waals surface area contributed by atoms with E-state index in [1.807, 2.05) is 18.2 Å². The van der Waals surface area contributed by atoms with Crippen LogP contribution in [0, 0.1) is 0 Å². The molecule has 1 unspecified atom stereocenters. The monoisotopic (exact) mass is 230 g/mol. The predicted octanol–water partition coefficient (Wildman–Crippen LogP) is 1.75. The van der Waals surface area contributed by atoms with Gasteiger partial charge in [0, 0.05) is 11.8 Å². The minimum Gasteiger partial charge on any atom is -0.497 e. The zero-order valence-corrected chi connectivity index (χ0v) is 9.50. The van der Waals surface area contributed by atoms with Crippen LogP contribution in [0.2, 0.25) is 0 Å².